The average molecular weight is 445 g/mol. The minimum Gasteiger partial charge on any atom is -0.355 e. The molecule has 1 saturated heterocycles. The van der Waals surface area contributed by atoms with Crippen molar-refractivity contribution in [3.05, 3.63) is 35.4 Å². The number of guanidine groups is 1. The van der Waals surface area contributed by atoms with Gasteiger partial charge in [-0.2, -0.15) is 0 Å². The third-order valence-electron chi connectivity index (χ3n) is 4.59. The first-order valence-electron chi connectivity index (χ1n) is 8.35. The summed E-state index contributed by atoms with van der Waals surface area (Å²) in [6, 6.07) is 9.21. The van der Waals surface area contributed by atoms with Crippen LogP contribution < -0.4 is 5.32 Å². The molecule has 1 unspecified atom stereocenters. The number of hydrogen-bond acceptors (Lipinski definition) is 3. The van der Waals surface area contributed by atoms with Crippen LogP contribution in [0.3, 0.4) is 0 Å². The molecular weight excluding hydrogens is 413 g/mol. The summed E-state index contributed by atoms with van der Waals surface area (Å²) >= 11 is 0. The quantitative estimate of drug-likeness (QED) is 0.436. The van der Waals surface area contributed by atoms with Crippen molar-refractivity contribution in [2.24, 2.45) is 4.99 Å². The lowest BCUT2D eigenvalue weighted by Crippen LogP contribution is -2.55. The standard InChI is InChI=1S/C18H31N5.HI/c1-15-6-8-16(9-7-15)13-23(5)18(19-2)20-12-17-14-21(3)10-11-22(17)4;/h6-9,17H,10-14H2,1-5H3,(H,19,20);1H. The first kappa shape index (κ1) is 21.2. The molecule has 1 aromatic carbocycles. The van der Waals surface area contributed by atoms with Gasteiger partial charge in [0.15, 0.2) is 5.96 Å². The smallest absolute Gasteiger partial charge is 0.193 e. The number of aryl methyl sites for hydroxylation is 1. The van der Waals surface area contributed by atoms with E-state index in [9.17, 15) is 0 Å². The molecule has 1 atom stereocenters. The maximum atomic E-state index is 4.43. The third-order valence-corrected chi connectivity index (χ3v) is 4.59. The number of likely N-dealkylation sites (N-methyl/N-ethyl adjacent to an activating group) is 2. The molecule has 1 N–H and O–H groups in total. The highest BCUT2D eigenvalue weighted by Crippen LogP contribution is 2.07. The fourth-order valence-corrected chi connectivity index (χ4v) is 2.96. The summed E-state index contributed by atoms with van der Waals surface area (Å²) in [5.74, 6) is 0.951. The Morgan fingerprint density at radius 2 is 1.92 bits per heavy atom. The van der Waals surface area contributed by atoms with Crippen LogP contribution in [0.1, 0.15) is 11.1 Å². The molecule has 0 spiro atoms. The highest BCUT2D eigenvalue weighted by atomic mass is 127. The number of piperazine rings is 1. The normalized spacial score (nSPS) is 19.7. The van der Waals surface area contributed by atoms with Gasteiger partial charge in [0.2, 0.25) is 0 Å². The molecule has 136 valence electrons. The van der Waals surface area contributed by atoms with Gasteiger partial charge < -0.3 is 15.1 Å². The molecule has 1 aromatic rings. The summed E-state index contributed by atoms with van der Waals surface area (Å²) < 4.78 is 0. The molecule has 0 aromatic heterocycles. The molecule has 0 saturated carbocycles. The Morgan fingerprint density at radius 3 is 2.54 bits per heavy atom. The Bertz CT molecular complexity index is 517. The van der Waals surface area contributed by atoms with E-state index < -0.39 is 0 Å². The summed E-state index contributed by atoms with van der Waals surface area (Å²) in [6.07, 6.45) is 0. The van der Waals surface area contributed by atoms with Gasteiger partial charge in [-0.3, -0.25) is 9.89 Å². The molecule has 0 bridgehead atoms. The maximum Gasteiger partial charge on any atom is 0.193 e. The average Bonchev–Trinajstić information content (AvgIpc) is 2.53. The van der Waals surface area contributed by atoms with E-state index in [1.807, 2.05) is 7.05 Å². The number of aliphatic imine (C=N–C) groups is 1. The summed E-state index contributed by atoms with van der Waals surface area (Å²) in [5, 5.41) is 3.53. The van der Waals surface area contributed by atoms with E-state index in [-0.39, 0.29) is 24.0 Å². The van der Waals surface area contributed by atoms with Crippen LogP contribution in [0, 0.1) is 6.92 Å². The van der Waals surface area contributed by atoms with Crippen molar-refractivity contribution in [2.75, 3.05) is 54.4 Å². The van der Waals surface area contributed by atoms with Gasteiger partial charge in [0.05, 0.1) is 0 Å². The van der Waals surface area contributed by atoms with Gasteiger partial charge in [0, 0.05) is 52.9 Å². The topological polar surface area (TPSA) is 34.1 Å². The molecule has 0 aliphatic carbocycles. The molecule has 1 aliphatic heterocycles. The summed E-state index contributed by atoms with van der Waals surface area (Å²) in [7, 11) is 8.34. The molecule has 5 nitrogen and oxygen atoms in total. The minimum absolute atomic E-state index is 0. The number of benzene rings is 1. The zero-order valence-corrected chi connectivity index (χ0v) is 17.9. The highest BCUT2D eigenvalue weighted by Gasteiger charge is 2.22. The molecule has 2 rings (SSSR count). The Hall–Kier alpha value is -0.860. The first-order valence-corrected chi connectivity index (χ1v) is 8.35. The fraction of sp³-hybridized carbons (Fsp3) is 0.611. The number of rotatable bonds is 4. The van der Waals surface area contributed by atoms with Crippen molar-refractivity contribution < 1.29 is 0 Å². The van der Waals surface area contributed by atoms with Crippen LogP contribution in [0.2, 0.25) is 0 Å². The van der Waals surface area contributed by atoms with Crippen LogP contribution in [0.25, 0.3) is 0 Å². The van der Waals surface area contributed by atoms with Gasteiger partial charge in [-0.1, -0.05) is 29.8 Å². The van der Waals surface area contributed by atoms with Crippen LogP contribution in [-0.2, 0) is 6.54 Å². The molecule has 6 heteroatoms. The lowest BCUT2D eigenvalue weighted by Gasteiger charge is -2.38. The van der Waals surface area contributed by atoms with Crippen LogP contribution >= 0.6 is 24.0 Å². The van der Waals surface area contributed by atoms with Crippen molar-refractivity contribution in [3.8, 4) is 0 Å². The van der Waals surface area contributed by atoms with E-state index in [0.29, 0.717) is 6.04 Å². The molecule has 1 fully saturated rings. The maximum absolute atomic E-state index is 4.43. The van der Waals surface area contributed by atoms with Gasteiger partial charge >= 0.3 is 0 Å². The van der Waals surface area contributed by atoms with Crippen molar-refractivity contribution in [3.63, 3.8) is 0 Å². The molecule has 0 radical (unpaired) electrons. The fourth-order valence-electron chi connectivity index (χ4n) is 2.96. The van der Waals surface area contributed by atoms with Gasteiger partial charge in [0.25, 0.3) is 0 Å². The van der Waals surface area contributed by atoms with Crippen molar-refractivity contribution in [2.45, 2.75) is 19.5 Å². The third kappa shape index (κ3) is 6.22. The van der Waals surface area contributed by atoms with Crippen LogP contribution in [0.4, 0.5) is 0 Å². The predicted molar refractivity (Wildman–Crippen MR) is 113 cm³/mol. The Balaban J connectivity index is 0.00000288. The van der Waals surface area contributed by atoms with E-state index in [1.165, 1.54) is 11.1 Å². The summed E-state index contributed by atoms with van der Waals surface area (Å²) in [4.78, 5) is 11.4. The number of halogens is 1. The van der Waals surface area contributed by atoms with Gasteiger partial charge in [-0.05, 0) is 26.6 Å². The van der Waals surface area contributed by atoms with Crippen molar-refractivity contribution in [1.29, 1.82) is 0 Å². The van der Waals surface area contributed by atoms with Crippen LogP contribution in [0.15, 0.2) is 29.3 Å². The van der Waals surface area contributed by atoms with Crippen LogP contribution in [-0.4, -0.2) is 81.1 Å². The SMILES string of the molecule is CN=C(NCC1CN(C)CCN1C)N(C)Cc1ccc(C)cc1.I. The lowest BCUT2D eigenvalue weighted by atomic mass is 10.1. The Kier molecular flexibility index (Phi) is 9.01. The molecule has 0 amide bonds. The van der Waals surface area contributed by atoms with Gasteiger partial charge in [-0.25, -0.2) is 0 Å². The van der Waals surface area contributed by atoms with Gasteiger partial charge in [-0.15, -0.1) is 24.0 Å². The predicted octanol–water partition coefficient (Wildman–Crippen LogP) is 1.87. The van der Waals surface area contributed by atoms with Crippen molar-refractivity contribution >= 4 is 29.9 Å². The highest BCUT2D eigenvalue weighted by molar-refractivity contribution is 14.0. The van der Waals surface area contributed by atoms with E-state index in [1.54, 1.807) is 0 Å². The Morgan fingerprint density at radius 1 is 1.25 bits per heavy atom. The second kappa shape index (κ2) is 10.2. The van der Waals surface area contributed by atoms with E-state index in [2.05, 4.69) is 77.3 Å². The lowest BCUT2D eigenvalue weighted by molar-refractivity contribution is 0.116. The molecular formula is C18H32IN5. The van der Waals surface area contributed by atoms with E-state index in [4.69, 9.17) is 0 Å². The molecule has 1 aliphatic rings. The molecule has 1 heterocycles. The monoisotopic (exact) mass is 445 g/mol. The second-order valence-corrected chi connectivity index (χ2v) is 6.67. The van der Waals surface area contributed by atoms with E-state index in [0.717, 1.165) is 38.7 Å². The Labute approximate surface area is 164 Å². The van der Waals surface area contributed by atoms with E-state index >= 15 is 0 Å². The van der Waals surface area contributed by atoms with Crippen LogP contribution in [0.5, 0.6) is 0 Å². The largest absolute Gasteiger partial charge is 0.355 e. The zero-order chi connectivity index (χ0) is 16.8. The number of nitrogens with one attached hydrogen (secondary N) is 1. The van der Waals surface area contributed by atoms with Gasteiger partial charge in [0.1, 0.15) is 0 Å². The second-order valence-electron chi connectivity index (χ2n) is 6.67. The minimum atomic E-state index is 0. The molecule has 24 heavy (non-hydrogen) atoms. The summed E-state index contributed by atoms with van der Waals surface area (Å²) in [6.45, 7) is 7.27. The number of nitrogens with zero attached hydrogens (tertiary/aromatic N) is 4. The summed E-state index contributed by atoms with van der Waals surface area (Å²) in [5.41, 5.74) is 2.60. The number of hydrogen-bond donors (Lipinski definition) is 1. The zero-order valence-electron chi connectivity index (χ0n) is 15.6. The van der Waals surface area contributed by atoms with Crippen molar-refractivity contribution in [1.82, 2.24) is 20.0 Å². The first-order chi connectivity index (χ1) is 11.0.